The van der Waals surface area contributed by atoms with Crippen molar-refractivity contribution < 1.29 is 9.47 Å². The summed E-state index contributed by atoms with van der Waals surface area (Å²) in [4.78, 5) is 6.46. The van der Waals surface area contributed by atoms with E-state index < -0.39 is 0 Å². The van der Waals surface area contributed by atoms with Gasteiger partial charge in [-0.15, -0.1) is 0 Å². The van der Waals surface area contributed by atoms with Crippen molar-refractivity contribution in [3.63, 3.8) is 0 Å². The van der Waals surface area contributed by atoms with E-state index in [9.17, 15) is 0 Å². The fourth-order valence-electron chi connectivity index (χ4n) is 2.76. The molecular weight excluding hydrogens is 314 g/mol. The molecule has 0 radical (unpaired) electrons. The molecule has 6 heteroatoms. The minimum absolute atomic E-state index is 0.171. The Bertz CT molecular complexity index is 513. The van der Waals surface area contributed by atoms with Gasteiger partial charge in [0, 0.05) is 65.4 Å². The molecule has 2 rings (SSSR count). The van der Waals surface area contributed by atoms with Crippen LogP contribution in [-0.2, 0) is 16.0 Å². The van der Waals surface area contributed by atoms with E-state index >= 15 is 0 Å². The van der Waals surface area contributed by atoms with E-state index in [2.05, 4.69) is 15.2 Å². The maximum atomic E-state index is 5.93. The van der Waals surface area contributed by atoms with Gasteiger partial charge in [-0.05, 0) is 17.7 Å². The van der Waals surface area contributed by atoms with Crippen LogP contribution in [0.5, 0.6) is 0 Å². The zero-order chi connectivity index (χ0) is 16.7. The van der Waals surface area contributed by atoms with Gasteiger partial charge in [-0.3, -0.25) is 4.99 Å². The van der Waals surface area contributed by atoms with Gasteiger partial charge in [0.15, 0.2) is 5.96 Å². The van der Waals surface area contributed by atoms with E-state index in [1.807, 2.05) is 31.3 Å². The number of hydrogen-bond donors (Lipinski definition) is 1. The second kappa shape index (κ2) is 8.52. The van der Waals surface area contributed by atoms with Crippen molar-refractivity contribution in [1.82, 2.24) is 10.2 Å². The van der Waals surface area contributed by atoms with Gasteiger partial charge in [-0.1, -0.05) is 23.7 Å². The van der Waals surface area contributed by atoms with E-state index in [4.69, 9.17) is 21.1 Å². The molecule has 1 aliphatic rings. The van der Waals surface area contributed by atoms with Gasteiger partial charge >= 0.3 is 0 Å². The normalized spacial score (nSPS) is 17.8. The molecule has 0 unspecified atom stereocenters. The molecule has 0 saturated carbocycles. The fraction of sp³-hybridized carbons (Fsp3) is 0.588. The predicted octanol–water partition coefficient (Wildman–Crippen LogP) is 2.54. The largest absolute Gasteiger partial charge is 0.381 e. The highest BCUT2D eigenvalue weighted by molar-refractivity contribution is 6.30. The van der Waals surface area contributed by atoms with Gasteiger partial charge in [0.25, 0.3) is 0 Å². The molecule has 0 aliphatic carbocycles. The second-order valence-electron chi connectivity index (χ2n) is 5.88. The maximum Gasteiger partial charge on any atom is 0.193 e. The number of guanidine groups is 1. The maximum absolute atomic E-state index is 5.93. The zero-order valence-electron chi connectivity index (χ0n) is 14.1. The highest BCUT2D eigenvalue weighted by Crippen LogP contribution is 2.23. The van der Waals surface area contributed by atoms with E-state index in [1.165, 1.54) is 5.56 Å². The number of halogens is 1. The summed E-state index contributed by atoms with van der Waals surface area (Å²) in [5.74, 6) is 0.850. The Kier molecular flexibility index (Phi) is 6.69. The standard InChI is InChI=1S/C17H26ClN3O2/c1-19-16(20-13-17(22-3)8-10-23-11-9-17)21(2)12-14-4-6-15(18)7-5-14/h4-7H,8-13H2,1-3H3,(H,19,20). The second-order valence-corrected chi connectivity index (χ2v) is 6.32. The summed E-state index contributed by atoms with van der Waals surface area (Å²) < 4.78 is 11.2. The van der Waals surface area contributed by atoms with Crippen molar-refractivity contribution in [2.24, 2.45) is 4.99 Å². The Balaban J connectivity index is 1.92. The topological polar surface area (TPSA) is 46.1 Å². The number of benzene rings is 1. The van der Waals surface area contributed by atoms with Crippen LogP contribution in [-0.4, -0.2) is 57.4 Å². The summed E-state index contributed by atoms with van der Waals surface area (Å²) in [6.07, 6.45) is 1.79. The average Bonchev–Trinajstić information content (AvgIpc) is 2.58. The number of rotatable bonds is 5. The summed E-state index contributed by atoms with van der Waals surface area (Å²) in [5, 5.41) is 4.18. The molecule has 0 atom stereocenters. The van der Waals surface area contributed by atoms with Crippen molar-refractivity contribution in [2.75, 3.05) is 41.0 Å². The summed E-state index contributed by atoms with van der Waals surface area (Å²) in [7, 11) is 5.59. The van der Waals surface area contributed by atoms with Crippen LogP contribution >= 0.6 is 11.6 Å². The van der Waals surface area contributed by atoms with Crippen LogP contribution in [0.4, 0.5) is 0 Å². The van der Waals surface area contributed by atoms with Crippen molar-refractivity contribution in [3.8, 4) is 0 Å². The average molecular weight is 340 g/mol. The van der Waals surface area contributed by atoms with Crippen molar-refractivity contribution >= 4 is 17.6 Å². The lowest BCUT2D eigenvalue weighted by Gasteiger charge is -2.37. The van der Waals surface area contributed by atoms with Crippen LogP contribution < -0.4 is 5.32 Å². The number of ether oxygens (including phenoxy) is 2. The van der Waals surface area contributed by atoms with Crippen LogP contribution in [0.15, 0.2) is 29.3 Å². The third-order valence-electron chi connectivity index (χ3n) is 4.31. The van der Waals surface area contributed by atoms with Gasteiger partial charge in [0.05, 0.1) is 5.60 Å². The molecule has 1 aromatic carbocycles. The van der Waals surface area contributed by atoms with Gasteiger partial charge < -0.3 is 19.7 Å². The van der Waals surface area contributed by atoms with Crippen LogP contribution in [0.2, 0.25) is 5.02 Å². The molecule has 23 heavy (non-hydrogen) atoms. The third-order valence-corrected chi connectivity index (χ3v) is 4.56. The van der Waals surface area contributed by atoms with Crippen molar-refractivity contribution in [1.29, 1.82) is 0 Å². The summed E-state index contributed by atoms with van der Waals surface area (Å²) >= 11 is 5.93. The lowest BCUT2D eigenvalue weighted by molar-refractivity contribution is -0.0857. The molecule has 1 fully saturated rings. The first kappa shape index (κ1) is 18.0. The van der Waals surface area contributed by atoms with Crippen LogP contribution in [0.3, 0.4) is 0 Å². The van der Waals surface area contributed by atoms with Crippen LogP contribution in [0.25, 0.3) is 0 Å². The first-order valence-electron chi connectivity index (χ1n) is 7.88. The fourth-order valence-corrected chi connectivity index (χ4v) is 2.89. The number of aliphatic imine (C=N–C) groups is 1. The van der Waals surface area contributed by atoms with Crippen LogP contribution in [0, 0.1) is 0 Å². The lowest BCUT2D eigenvalue weighted by atomic mass is 9.94. The monoisotopic (exact) mass is 339 g/mol. The SMILES string of the molecule is CN=C(NCC1(OC)CCOCC1)N(C)Cc1ccc(Cl)cc1. The molecule has 5 nitrogen and oxygen atoms in total. The zero-order valence-corrected chi connectivity index (χ0v) is 14.9. The molecular formula is C17H26ClN3O2. The summed E-state index contributed by atoms with van der Waals surface area (Å²) in [6, 6.07) is 7.87. The Morgan fingerprint density at radius 3 is 2.57 bits per heavy atom. The highest BCUT2D eigenvalue weighted by atomic mass is 35.5. The van der Waals surface area contributed by atoms with Crippen molar-refractivity contribution in [3.05, 3.63) is 34.9 Å². The van der Waals surface area contributed by atoms with E-state index in [1.54, 1.807) is 14.2 Å². The Morgan fingerprint density at radius 1 is 1.35 bits per heavy atom. The molecule has 0 amide bonds. The molecule has 1 saturated heterocycles. The first-order valence-corrected chi connectivity index (χ1v) is 8.25. The minimum atomic E-state index is -0.171. The minimum Gasteiger partial charge on any atom is -0.381 e. The van der Waals surface area contributed by atoms with Gasteiger partial charge in [0.2, 0.25) is 0 Å². The molecule has 0 bridgehead atoms. The first-order chi connectivity index (χ1) is 11.1. The highest BCUT2D eigenvalue weighted by Gasteiger charge is 2.32. The number of nitrogens with one attached hydrogen (secondary N) is 1. The number of hydrogen-bond acceptors (Lipinski definition) is 3. The summed E-state index contributed by atoms with van der Waals surface area (Å²) in [5.41, 5.74) is 1.02. The predicted molar refractivity (Wildman–Crippen MR) is 94.1 cm³/mol. The van der Waals surface area contributed by atoms with E-state index in [-0.39, 0.29) is 5.60 Å². The Labute approximate surface area is 143 Å². The molecule has 1 aromatic rings. The van der Waals surface area contributed by atoms with Gasteiger partial charge in [-0.25, -0.2) is 0 Å². The van der Waals surface area contributed by atoms with Gasteiger partial charge in [-0.2, -0.15) is 0 Å². The Hall–Kier alpha value is -1.30. The molecule has 1 aliphatic heterocycles. The number of nitrogens with zero attached hydrogens (tertiary/aromatic N) is 2. The molecule has 0 aromatic heterocycles. The lowest BCUT2D eigenvalue weighted by Crippen LogP contribution is -2.50. The van der Waals surface area contributed by atoms with Crippen LogP contribution in [0.1, 0.15) is 18.4 Å². The third kappa shape index (κ3) is 5.09. The molecule has 1 heterocycles. The van der Waals surface area contributed by atoms with E-state index in [0.29, 0.717) is 0 Å². The molecule has 0 spiro atoms. The van der Waals surface area contributed by atoms with E-state index in [0.717, 1.165) is 50.1 Å². The quantitative estimate of drug-likeness (QED) is 0.661. The smallest absolute Gasteiger partial charge is 0.193 e. The van der Waals surface area contributed by atoms with Gasteiger partial charge in [0.1, 0.15) is 0 Å². The van der Waals surface area contributed by atoms with Crippen molar-refractivity contribution in [2.45, 2.75) is 25.0 Å². The molecule has 128 valence electrons. The number of methoxy groups -OCH3 is 1. The Morgan fingerprint density at radius 2 is 2.00 bits per heavy atom. The molecule has 1 N–H and O–H groups in total. The summed E-state index contributed by atoms with van der Waals surface area (Å²) in [6.45, 7) is 2.98.